The van der Waals surface area contributed by atoms with E-state index in [9.17, 15) is 9.59 Å². The number of hydrogen-bond donors (Lipinski definition) is 1. The fourth-order valence-electron chi connectivity index (χ4n) is 2.89. The molecule has 1 aliphatic rings. The predicted molar refractivity (Wildman–Crippen MR) is 88.5 cm³/mol. The van der Waals surface area contributed by atoms with Gasteiger partial charge in [-0.15, -0.1) is 0 Å². The zero-order chi connectivity index (χ0) is 17.4. The lowest BCUT2D eigenvalue weighted by Gasteiger charge is -2.31. The Hall–Kier alpha value is -1.40. The van der Waals surface area contributed by atoms with Crippen molar-refractivity contribution in [1.82, 2.24) is 9.55 Å². The summed E-state index contributed by atoms with van der Waals surface area (Å²) in [7, 11) is 0. The summed E-state index contributed by atoms with van der Waals surface area (Å²) in [5, 5.41) is 0. The Kier molecular flexibility index (Phi) is 4.87. The molecule has 2 heterocycles. The van der Waals surface area contributed by atoms with Crippen molar-refractivity contribution in [1.29, 1.82) is 0 Å². The maximum absolute atomic E-state index is 12.0. The van der Waals surface area contributed by atoms with Crippen molar-refractivity contribution >= 4 is 0 Å². The third kappa shape index (κ3) is 5.04. The molecule has 130 valence electrons. The van der Waals surface area contributed by atoms with Gasteiger partial charge >= 0.3 is 5.69 Å². The zero-order valence-corrected chi connectivity index (χ0v) is 14.9. The number of aromatic amines is 1. The molecule has 1 fully saturated rings. The summed E-state index contributed by atoms with van der Waals surface area (Å²) in [5.74, 6) is 0. The molecule has 0 aromatic carbocycles. The van der Waals surface area contributed by atoms with Crippen LogP contribution in [0.5, 0.6) is 0 Å². The van der Waals surface area contributed by atoms with Crippen molar-refractivity contribution in [3.63, 3.8) is 0 Å². The van der Waals surface area contributed by atoms with Crippen LogP contribution in [-0.2, 0) is 9.47 Å². The van der Waals surface area contributed by atoms with Gasteiger partial charge in [0.1, 0.15) is 6.23 Å². The van der Waals surface area contributed by atoms with Gasteiger partial charge in [-0.3, -0.25) is 14.3 Å². The molecule has 0 bridgehead atoms. The topological polar surface area (TPSA) is 73.3 Å². The van der Waals surface area contributed by atoms with E-state index in [0.29, 0.717) is 6.42 Å². The van der Waals surface area contributed by atoms with Gasteiger partial charge in [0.05, 0.1) is 17.8 Å². The maximum Gasteiger partial charge on any atom is 0.330 e. The third-order valence-electron chi connectivity index (χ3n) is 3.66. The van der Waals surface area contributed by atoms with Crippen LogP contribution in [0.1, 0.15) is 60.6 Å². The number of nitrogens with one attached hydrogen (secondary N) is 1. The standard InChI is InChI=1S/C17H28N2O4/c1-16(2,3)10-12-11(23-17(4,5)6)9-14(22-12)19-8-7-13(20)18-15(19)21/h7-8,11-12,14H,9-10H2,1-6H3,(H,18,20,21)/t11-,12+,14+/m0/s1. The third-order valence-corrected chi connectivity index (χ3v) is 3.66. The quantitative estimate of drug-likeness (QED) is 0.927. The van der Waals surface area contributed by atoms with E-state index in [1.165, 1.54) is 16.8 Å². The van der Waals surface area contributed by atoms with Crippen molar-refractivity contribution in [2.24, 2.45) is 5.41 Å². The van der Waals surface area contributed by atoms with Crippen molar-refractivity contribution in [3.8, 4) is 0 Å². The van der Waals surface area contributed by atoms with Gasteiger partial charge in [0.15, 0.2) is 0 Å². The van der Waals surface area contributed by atoms with Crippen LogP contribution in [-0.4, -0.2) is 27.4 Å². The monoisotopic (exact) mass is 324 g/mol. The van der Waals surface area contributed by atoms with Gasteiger partial charge in [-0.1, -0.05) is 20.8 Å². The summed E-state index contributed by atoms with van der Waals surface area (Å²) in [6, 6.07) is 1.33. The molecule has 0 amide bonds. The fourth-order valence-corrected chi connectivity index (χ4v) is 2.89. The number of rotatable bonds is 3. The minimum Gasteiger partial charge on any atom is -0.370 e. The minimum absolute atomic E-state index is 0.0851. The molecule has 3 atom stereocenters. The zero-order valence-electron chi connectivity index (χ0n) is 14.9. The van der Waals surface area contributed by atoms with Crippen molar-refractivity contribution in [3.05, 3.63) is 33.1 Å². The average Bonchev–Trinajstić information content (AvgIpc) is 2.67. The highest BCUT2D eigenvalue weighted by Crippen LogP contribution is 2.37. The van der Waals surface area contributed by atoms with Crippen LogP contribution in [0.3, 0.4) is 0 Å². The Morgan fingerprint density at radius 3 is 2.43 bits per heavy atom. The average molecular weight is 324 g/mol. The first-order valence-corrected chi connectivity index (χ1v) is 8.09. The highest BCUT2D eigenvalue weighted by atomic mass is 16.6. The molecule has 1 N–H and O–H groups in total. The van der Waals surface area contributed by atoms with E-state index in [-0.39, 0.29) is 23.2 Å². The molecule has 23 heavy (non-hydrogen) atoms. The molecule has 6 heteroatoms. The van der Waals surface area contributed by atoms with E-state index in [1.54, 1.807) is 0 Å². The SMILES string of the molecule is CC(C)(C)C[C@H]1O[C@@H](n2ccc(=O)[nH]c2=O)C[C@@H]1OC(C)(C)C. The first kappa shape index (κ1) is 17.9. The van der Waals surface area contributed by atoms with Crippen LogP contribution >= 0.6 is 0 Å². The first-order valence-electron chi connectivity index (χ1n) is 8.09. The molecule has 0 spiro atoms. The van der Waals surface area contributed by atoms with E-state index in [4.69, 9.17) is 9.47 Å². The molecule has 0 saturated carbocycles. The Morgan fingerprint density at radius 1 is 1.26 bits per heavy atom. The van der Waals surface area contributed by atoms with E-state index in [0.717, 1.165) is 6.42 Å². The number of aromatic nitrogens is 2. The van der Waals surface area contributed by atoms with E-state index in [1.807, 2.05) is 20.8 Å². The Morgan fingerprint density at radius 2 is 1.91 bits per heavy atom. The maximum atomic E-state index is 12.0. The lowest BCUT2D eigenvalue weighted by molar-refractivity contribution is -0.102. The summed E-state index contributed by atoms with van der Waals surface area (Å²) in [4.78, 5) is 25.5. The Balaban J connectivity index is 2.24. The first-order chi connectivity index (χ1) is 10.4. The summed E-state index contributed by atoms with van der Waals surface area (Å²) < 4.78 is 13.7. The summed E-state index contributed by atoms with van der Waals surface area (Å²) in [5.41, 5.74) is -1.05. The second-order valence-corrected chi connectivity index (χ2v) is 8.42. The second kappa shape index (κ2) is 6.24. The van der Waals surface area contributed by atoms with Crippen LogP contribution in [0.4, 0.5) is 0 Å². The predicted octanol–water partition coefficient (Wildman–Crippen LogP) is 2.44. The molecule has 0 unspecified atom stereocenters. The number of hydrogen-bond acceptors (Lipinski definition) is 4. The normalized spacial score (nSPS) is 25.7. The highest BCUT2D eigenvalue weighted by molar-refractivity contribution is 4.91. The second-order valence-electron chi connectivity index (χ2n) is 8.42. The van der Waals surface area contributed by atoms with Crippen molar-refractivity contribution in [2.75, 3.05) is 0 Å². The number of H-pyrrole nitrogens is 1. The number of ether oxygens (including phenoxy) is 2. The van der Waals surface area contributed by atoms with E-state index >= 15 is 0 Å². The van der Waals surface area contributed by atoms with Gasteiger partial charge in [0.25, 0.3) is 5.56 Å². The van der Waals surface area contributed by atoms with E-state index in [2.05, 4.69) is 25.8 Å². The van der Waals surface area contributed by atoms with Gasteiger partial charge in [-0.25, -0.2) is 4.79 Å². The van der Waals surface area contributed by atoms with E-state index < -0.39 is 17.5 Å². The van der Waals surface area contributed by atoms with Gasteiger partial charge in [0.2, 0.25) is 0 Å². The van der Waals surface area contributed by atoms with Gasteiger partial charge in [0, 0.05) is 18.7 Å². The smallest absolute Gasteiger partial charge is 0.330 e. The summed E-state index contributed by atoms with van der Waals surface area (Å²) in [6.07, 6.45) is 2.32. The Labute approximate surface area is 136 Å². The van der Waals surface area contributed by atoms with Crippen LogP contribution in [0.15, 0.2) is 21.9 Å². The van der Waals surface area contributed by atoms with Crippen LogP contribution in [0.25, 0.3) is 0 Å². The van der Waals surface area contributed by atoms with Crippen LogP contribution < -0.4 is 11.2 Å². The fraction of sp³-hybridized carbons (Fsp3) is 0.765. The molecule has 0 radical (unpaired) electrons. The highest BCUT2D eigenvalue weighted by Gasteiger charge is 2.41. The Bertz CT molecular complexity index is 624. The molecule has 6 nitrogen and oxygen atoms in total. The molecule has 0 aliphatic carbocycles. The molecule has 1 saturated heterocycles. The molecule has 1 aromatic rings. The summed E-state index contributed by atoms with van der Waals surface area (Å²) >= 11 is 0. The van der Waals surface area contributed by atoms with Gasteiger partial charge < -0.3 is 9.47 Å². The minimum atomic E-state index is -0.451. The number of nitrogens with zero attached hydrogens (tertiary/aromatic N) is 1. The van der Waals surface area contributed by atoms with Crippen LogP contribution in [0.2, 0.25) is 0 Å². The summed E-state index contributed by atoms with van der Waals surface area (Å²) in [6.45, 7) is 12.5. The van der Waals surface area contributed by atoms with Gasteiger partial charge in [-0.2, -0.15) is 0 Å². The van der Waals surface area contributed by atoms with Crippen molar-refractivity contribution < 1.29 is 9.47 Å². The van der Waals surface area contributed by atoms with Crippen molar-refractivity contribution in [2.45, 2.75) is 78.4 Å². The molecule has 1 aromatic heterocycles. The lowest BCUT2D eigenvalue weighted by atomic mass is 9.87. The van der Waals surface area contributed by atoms with Gasteiger partial charge in [-0.05, 0) is 32.6 Å². The molecule has 1 aliphatic heterocycles. The largest absolute Gasteiger partial charge is 0.370 e. The molecule has 2 rings (SSSR count). The molecular weight excluding hydrogens is 296 g/mol. The molecular formula is C17H28N2O4. The lowest BCUT2D eigenvalue weighted by Crippen LogP contribution is -2.35. The van der Waals surface area contributed by atoms with Crippen LogP contribution in [0, 0.1) is 5.41 Å².